The van der Waals surface area contributed by atoms with E-state index in [0.717, 1.165) is 11.8 Å². The second-order valence-electron chi connectivity index (χ2n) is 6.09. The van der Waals surface area contributed by atoms with E-state index in [-0.39, 0.29) is 27.8 Å². The van der Waals surface area contributed by atoms with Gasteiger partial charge in [0.05, 0.1) is 10.5 Å². The van der Waals surface area contributed by atoms with Crippen molar-refractivity contribution in [2.24, 2.45) is 0 Å². The first-order chi connectivity index (χ1) is 14.4. The van der Waals surface area contributed by atoms with Crippen molar-refractivity contribution in [3.8, 4) is 0 Å². The predicted molar refractivity (Wildman–Crippen MR) is 121 cm³/mol. The minimum absolute atomic E-state index is 0.0377. The van der Waals surface area contributed by atoms with Crippen LogP contribution in [0.25, 0.3) is 6.08 Å². The molecule has 1 fully saturated rings. The first kappa shape index (κ1) is 22.1. The molecule has 10 heteroatoms. The zero-order valence-corrected chi connectivity index (χ0v) is 18.6. The molecule has 0 aliphatic carbocycles. The van der Waals surface area contributed by atoms with E-state index in [1.807, 2.05) is 0 Å². The lowest BCUT2D eigenvalue weighted by Gasteiger charge is -2.14. The molecular weight excluding hydrogens is 493 g/mol. The molecule has 0 saturated carbocycles. The maximum Gasteiger partial charge on any atom is 0.270 e. The second-order valence-corrected chi connectivity index (χ2v) is 8.62. The van der Waals surface area contributed by atoms with Crippen LogP contribution in [-0.2, 0) is 9.59 Å². The van der Waals surface area contributed by atoms with Crippen LogP contribution in [0.5, 0.6) is 0 Å². The Hall–Kier alpha value is -2.56. The number of hydrogen-bond acceptors (Lipinski definition) is 5. The van der Waals surface area contributed by atoms with Crippen LogP contribution >= 0.6 is 39.9 Å². The molecule has 1 heterocycles. The lowest BCUT2D eigenvalue weighted by molar-refractivity contribution is -0.124. The molecule has 6 nitrogen and oxygen atoms in total. The molecule has 2 aromatic rings. The summed E-state index contributed by atoms with van der Waals surface area (Å²) in [5.74, 6) is -1.79. The summed E-state index contributed by atoms with van der Waals surface area (Å²) in [5, 5.41) is 0. The Bertz CT molecular complexity index is 1060. The molecule has 154 valence electrons. The second kappa shape index (κ2) is 9.96. The van der Waals surface area contributed by atoms with Gasteiger partial charge in [0.1, 0.15) is 10.1 Å². The summed E-state index contributed by atoms with van der Waals surface area (Å²) in [4.78, 5) is 38.3. The van der Waals surface area contributed by atoms with Crippen LogP contribution < -0.4 is 10.9 Å². The average Bonchev–Trinajstić information content (AvgIpc) is 2.99. The SMILES string of the molecule is O=C(CCN1C(=O)/C(=C/c2ccccc2F)SC1=S)NNC(=O)c1ccccc1Br. The van der Waals surface area contributed by atoms with E-state index >= 15 is 0 Å². The first-order valence-electron chi connectivity index (χ1n) is 8.70. The van der Waals surface area contributed by atoms with Gasteiger partial charge in [-0.05, 0) is 40.2 Å². The van der Waals surface area contributed by atoms with Crippen molar-refractivity contribution in [3.05, 3.63) is 74.9 Å². The Morgan fingerprint density at radius 1 is 1.13 bits per heavy atom. The number of benzene rings is 2. The van der Waals surface area contributed by atoms with Crippen molar-refractivity contribution >= 4 is 68.0 Å². The molecule has 1 aliphatic heterocycles. The number of rotatable bonds is 5. The van der Waals surface area contributed by atoms with E-state index < -0.39 is 23.5 Å². The maximum absolute atomic E-state index is 13.8. The number of thioether (sulfide) groups is 1. The summed E-state index contributed by atoms with van der Waals surface area (Å²) in [6.45, 7) is 0.0377. The van der Waals surface area contributed by atoms with Crippen molar-refractivity contribution in [1.82, 2.24) is 15.8 Å². The topological polar surface area (TPSA) is 78.5 Å². The highest BCUT2D eigenvalue weighted by atomic mass is 79.9. The molecule has 3 rings (SSSR count). The zero-order chi connectivity index (χ0) is 21.7. The van der Waals surface area contributed by atoms with Crippen molar-refractivity contribution in [2.75, 3.05) is 6.54 Å². The van der Waals surface area contributed by atoms with Gasteiger partial charge in [0.25, 0.3) is 11.8 Å². The van der Waals surface area contributed by atoms with Crippen LogP contribution in [0.15, 0.2) is 57.9 Å². The third-order valence-corrected chi connectivity index (χ3v) is 6.13. The third-order valence-electron chi connectivity index (χ3n) is 4.06. The van der Waals surface area contributed by atoms with E-state index in [4.69, 9.17) is 12.2 Å². The van der Waals surface area contributed by atoms with Crippen molar-refractivity contribution in [1.29, 1.82) is 0 Å². The molecule has 0 unspecified atom stereocenters. The van der Waals surface area contributed by atoms with Crippen LogP contribution in [0.4, 0.5) is 4.39 Å². The van der Waals surface area contributed by atoms with Crippen LogP contribution in [0.1, 0.15) is 22.3 Å². The Kier molecular flexibility index (Phi) is 7.35. The summed E-state index contributed by atoms with van der Waals surface area (Å²) in [6, 6.07) is 12.9. The van der Waals surface area contributed by atoms with E-state index in [2.05, 4.69) is 26.8 Å². The molecule has 0 spiro atoms. The van der Waals surface area contributed by atoms with Gasteiger partial charge >= 0.3 is 0 Å². The van der Waals surface area contributed by atoms with Gasteiger partial charge in [-0.1, -0.05) is 54.3 Å². The van der Waals surface area contributed by atoms with Gasteiger partial charge in [-0.15, -0.1) is 0 Å². The molecule has 1 saturated heterocycles. The van der Waals surface area contributed by atoms with E-state index in [1.165, 1.54) is 17.0 Å². The van der Waals surface area contributed by atoms with Crippen molar-refractivity contribution < 1.29 is 18.8 Å². The third kappa shape index (κ3) is 5.32. The van der Waals surface area contributed by atoms with Gasteiger partial charge in [-0.2, -0.15) is 0 Å². The van der Waals surface area contributed by atoms with Gasteiger partial charge in [-0.25, -0.2) is 4.39 Å². The highest BCUT2D eigenvalue weighted by molar-refractivity contribution is 9.10. The molecule has 0 radical (unpaired) electrons. The van der Waals surface area contributed by atoms with Crippen LogP contribution in [0, 0.1) is 5.82 Å². The summed E-state index contributed by atoms with van der Waals surface area (Å²) >= 11 is 9.52. The quantitative estimate of drug-likeness (QED) is 0.367. The fourth-order valence-electron chi connectivity index (χ4n) is 2.54. The van der Waals surface area contributed by atoms with Gasteiger partial charge in [0, 0.05) is 23.0 Å². The minimum Gasteiger partial charge on any atom is -0.292 e. The molecule has 2 aromatic carbocycles. The van der Waals surface area contributed by atoms with Gasteiger partial charge < -0.3 is 0 Å². The summed E-state index contributed by atoms with van der Waals surface area (Å²) in [5.41, 5.74) is 5.28. The number of amides is 3. The smallest absolute Gasteiger partial charge is 0.270 e. The molecular formula is C20H15BrFN3O3S2. The van der Waals surface area contributed by atoms with E-state index in [1.54, 1.807) is 42.5 Å². The van der Waals surface area contributed by atoms with Crippen LogP contribution in [0.3, 0.4) is 0 Å². The van der Waals surface area contributed by atoms with Crippen molar-refractivity contribution in [3.63, 3.8) is 0 Å². The highest BCUT2D eigenvalue weighted by Gasteiger charge is 2.32. The van der Waals surface area contributed by atoms with Gasteiger partial charge in [-0.3, -0.25) is 30.1 Å². The Labute approximate surface area is 190 Å². The number of carbonyl (C=O) groups is 3. The minimum atomic E-state index is -0.484. The maximum atomic E-state index is 13.8. The number of thiocarbonyl (C=S) groups is 1. The number of nitrogens with zero attached hydrogens (tertiary/aromatic N) is 1. The van der Waals surface area contributed by atoms with Gasteiger partial charge in [0.2, 0.25) is 5.91 Å². The molecule has 1 aliphatic rings. The van der Waals surface area contributed by atoms with Crippen LogP contribution in [0.2, 0.25) is 0 Å². The Morgan fingerprint density at radius 2 is 1.83 bits per heavy atom. The average molecular weight is 508 g/mol. The van der Waals surface area contributed by atoms with Gasteiger partial charge in [0.15, 0.2) is 0 Å². The zero-order valence-electron chi connectivity index (χ0n) is 15.4. The molecule has 0 aromatic heterocycles. The standard InChI is InChI=1S/C20H15BrFN3O3S2/c21-14-7-3-2-6-13(14)18(27)24-23-17(26)9-10-25-19(28)16(30-20(25)29)11-12-5-1-4-8-15(12)22/h1-8,11H,9-10H2,(H,23,26)(H,24,27)/b16-11-. The van der Waals surface area contributed by atoms with Crippen LogP contribution in [-0.4, -0.2) is 33.5 Å². The molecule has 0 atom stereocenters. The molecule has 2 N–H and O–H groups in total. The fraction of sp³-hybridized carbons (Fsp3) is 0.100. The monoisotopic (exact) mass is 507 g/mol. The lowest BCUT2D eigenvalue weighted by Crippen LogP contribution is -2.43. The Balaban J connectivity index is 1.54. The van der Waals surface area contributed by atoms with Crippen molar-refractivity contribution in [2.45, 2.75) is 6.42 Å². The fourth-order valence-corrected chi connectivity index (χ4v) is 4.31. The van der Waals surface area contributed by atoms with E-state index in [9.17, 15) is 18.8 Å². The summed E-state index contributed by atoms with van der Waals surface area (Å²) < 4.78 is 14.7. The summed E-state index contributed by atoms with van der Waals surface area (Å²) in [6.07, 6.45) is 1.36. The number of nitrogens with one attached hydrogen (secondary N) is 2. The molecule has 0 bridgehead atoms. The predicted octanol–water partition coefficient (Wildman–Crippen LogP) is 3.64. The highest BCUT2D eigenvalue weighted by Crippen LogP contribution is 2.32. The largest absolute Gasteiger partial charge is 0.292 e. The summed E-state index contributed by atoms with van der Waals surface area (Å²) in [7, 11) is 0. The number of halogens is 2. The molecule has 3 amide bonds. The number of hydrazine groups is 1. The Morgan fingerprint density at radius 3 is 2.57 bits per heavy atom. The first-order valence-corrected chi connectivity index (χ1v) is 10.7. The lowest BCUT2D eigenvalue weighted by atomic mass is 10.2. The number of carbonyl (C=O) groups excluding carboxylic acids is 3. The normalized spacial score (nSPS) is 14.9. The molecule has 30 heavy (non-hydrogen) atoms. The van der Waals surface area contributed by atoms with E-state index in [0.29, 0.717) is 10.0 Å². The number of hydrogen-bond donors (Lipinski definition) is 2.